The van der Waals surface area contributed by atoms with Crippen LogP contribution < -0.4 is 5.73 Å². The van der Waals surface area contributed by atoms with E-state index in [0.29, 0.717) is 11.4 Å². The number of hydrogen-bond donors (Lipinski definition) is 1. The van der Waals surface area contributed by atoms with Crippen molar-refractivity contribution in [2.45, 2.75) is 19.5 Å². The maximum absolute atomic E-state index is 13.9. The summed E-state index contributed by atoms with van der Waals surface area (Å²) in [5.41, 5.74) is 6.22. The zero-order chi connectivity index (χ0) is 11.2. The molecule has 0 atom stereocenters. The van der Waals surface area contributed by atoms with Crippen LogP contribution in [0.25, 0.3) is 10.9 Å². The van der Waals surface area contributed by atoms with Crippen LogP contribution in [0.2, 0.25) is 0 Å². The molecule has 0 aliphatic carbocycles. The van der Waals surface area contributed by atoms with Crippen LogP contribution in [0.4, 0.5) is 10.1 Å². The zero-order valence-corrected chi connectivity index (χ0v) is 9.08. The van der Waals surface area contributed by atoms with Crippen LogP contribution in [0.3, 0.4) is 0 Å². The van der Waals surface area contributed by atoms with Gasteiger partial charge in [-0.3, -0.25) is 4.68 Å². The Morgan fingerprint density at radius 2 is 2.07 bits per heavy atom. The van der Waals surface area contributed by atoms with Gasteiger partial charge in [0.1, 0.15) is 11.4 Å². The van der Waals surface area contributed by atoms with Crippen LogP contribution in [0.15, 0.2) is 18.2 Å². The number of halogens is 1. The number of aryl methyl sites for hydroxylation is 1. The topological polar surface area (TPSA) is 43.8 Å². The van der Waals surface area contributed by atoms with E-state index >= 15 is 0 Å². The summed E-state index contributed by atoms with van der Waals surface area (Å²) in [6.07, 6.45) is 0. The Labute approximate surface area is 87.7 Å². The highest BCUT2D eigenvalue weighted by Crippen LogP contribution is 2.31. The van der Waals surface area contributed by atoms with Crippen molar-refractivity contribution in [3.63, 3.8) is 0 Å². The second-order valence-corrected chi connectivity index (χ2v) is 4.22. The van der Waals surface area contributed by atoms with Crippen molar-refractivity contribution in [3.05, 3.63) is 23.9 Å². The standard InChI is InChI=1S/C11H14FN3/c1-11(2,12)10-8-5-4-7(13)6-9(8)15(3)14-10/h4-6H,13H2,1-3H3. The molecule has 0 saturated heterocycles. The van der Waals surface area contributed by atoms with Gasteiger partial charge in [0.15, 0.2) is 0 Å². The van der Waals surface area contributed by atoms with Gasteiger partial charge in [0.05, 0.1) is 5.52 Å². The molecule has 80 valence electrons. The molecule has 2 aromatic rings. The molecule has 1 aromatic heterocycles. The number of anilines is 1. The molecule has 3 nitrogen and oxygen atoms in total. The molecular formula is C11H14FN3. The van der Waals surface area contributed by atoms with Crippen LogP contribution in [0.1, 0.15) is 19.5 Å². The summed E-state index contributed by atoms with van der Waals surface area (Å²) in [7, 11) is 1.79. The van der Waals surface area contributed by atoms with Crippen LogP contribution in [0, 0.1) is 0 Å². The van der Waals surface area contributed by atoms with Gasteiger partial charge in [-0.25, -0.2) is 4.39 Å². The monoisotopic (exact) mass is 207 g/mol. The molecule has 0 spiro atoms. The lowest BCUT2D eigenvalue weighted by atomic mass is 10.0. The van der Waals surface area contributed by atoms with Gasteiger partial charge >= 0.3 is 0 Å². The summed E-state index contributed by atoms with van der Waals surface area (Å²) >= 11 is 0. The Bertz CT molecular complexity index is 508. The van der Waals surface area contributed by atoms with Gasteiger partial charge in [0, 0.05) is 18.1 Å². The number of nitrogens with zero attached hydrogens (tertiary/aromatic N) is 2. The number of nitrogen functional groups attached to an aromatic ring is 1. The highest BCUT2D eigenvalue weighted by atomic mass is 19.1. The third-order valence-corrected chi connectivity index (χ3v) is 2.44. The normalized spacial score (nSPS) is 12.3. The highest BCUT2D eigenvalue weighted by molar-refractivity contribution is 5.85. The largest absolute Gasteiger partial charge is 0.399 e. The lowest BCUT2D eigenvalue weighted by Gasteiger charge is -2.10. The van der Waals surface area contributed by atoms with Crippen LogP contribution in [-0.4, -0.2) is 9.78 Å². The number of alkyl halides is 1. The molecule has 0 saturated carbocycles. The first-order valence-corrected chi connectivity index (χ1v) is 4.81. The van der Waals surface area contributed by atoms with Crippen molar-refractivity contribution in [1.82, 2.24) is 9.78 Å². The van der Waals surface area contributed by atoms with Crippen LogP contribution in [-0.2, 0) is 12.7 Å². The summed E-state index contributed by atoms with van der Waals surface area (Å²) in [5, 5.41) is 5.01. The molecule has 0 unspecified atom stereocenters. The summed E-state index contributed by atoms with van der Waals surface area (Å²) < 4.78 is 15.5. The van der Waals surface area contributed by atoms with Gasteiger partial charge in [-0.1, -0.05) is 0 Å². The second kappa shape index (κ2) is 2.95. The minimum absolute atomic E-state index is 0.458. The van der Waals surface area contributed by atoms with Gasteiger partial charge in [0.25, 0.3) is 0 Å². The molecular weight excluding hydrogens is 193 g/mol. The number of aromatic nitrogens is 2. The van der Waals surface area contributed by atoms with E-state index in [1.807, 2.05) is 6.07 Å². The van der Waals surface area contributed by atoms with Gasteiger partial charge in [-0.15, -0.1) is 0 Å². The first-order valence-electron chi connectivity index (χ1n) is 4.81. The number of nitrogens with two attached hydrogens (primary N) is 1. The second-order valence-electron chi connectivity index (χ2n) is 4.22. The molecule has 1 aromatic carbocycles. The average molecular weight is 207 g/mol. The molecule has 1 heterocycles. The van der Waals surface area contributed by atoms with E-state index < -0.39 is 5.67 Å². The third-order valence-electron chi connectivity index (χ3n) is 2.44. The van der Waals surface area contributed by atoms with E-state index in [2.05, 4.69) is 5.10 Å². The minimum atomic E-state index is -1.43. The number of benzene rings is 1. The number of hydrogen-bond acceptors (Lipinski definition) is 2. The molecule has 0 amide bonds. The van der Waals surface area contributed by atoms with Gasteiger partial charge in [-0.2, -0.15) is 5.10 Å². The fraction of sp³-hybridized carbons (Fsp3) is 0.364. The highest BCUT2D eigenvalue weighted by Gasteiger charge is 2.25. The van der Waals surface area contributed by atoms with Crippen LogP contribution in [0.5, 0.6) is 0 Å². The molecule has 4 heteroatoms. The van der Waals surface area contributed by atoms with Gasteiger partial charge in [0.2, 0.25) is 0 Å². The molecule has 0 radical (unpaired) electrons. The van der Waals surface area contributed by atoms with Crippen LogP contribution >= 0.6 is 0 Å². The molecule has 2 rings (SSSR count). The SMILES string of the molecule is Cn1nc(C(C)(C)F)c2ccc(N)cc21. The van der Waals surface area contributed by atoms with E-state index in [-0.39, 0.29) is 0 Å². The minimum Gasteiger partial charge on any atom is -0.399 e. The smallest absolute Gasteiger partial charge is 0.149 e. The Morgan fingerprint density at radius 1 is 1.40 bits per heavy atom. The Kier molecular flexibility index (Phi) is 1.96. The molecule has 0 aliphatic heterocycles. The summed E-state index contributed by atoms with van der Waals surface area (Å²) in [5.74, 6) is 0. The summed E-state index contributed by atoms with van der Waals surface area (Å²) in [6.45, 7) is 3.01. The van der Waals surface area contributed by atoms with Crippen molar-refractivity contribution >= 4 is 16.6 Å². The van der Waals surface area contributed by atoms with E-state index in [4.69, 9.17) is 5.73 Å². The van der Waals surface area contributed by atoms with E-state index in [1.54, 1.807) is 23.9 Å². The lowest BCUT2D eigenvalue weighted by molar-refractivity contribution is 0.215. The molecule has 15 heavy (non-hydrogen) atoms. The Hall–Kier alpha value is -1.58. The van der Waals surface area contributed by atoms with Crippen molar-refractivity contribution in [3.8, 4) is 0 Å². The predicted octanol–water partition coefficient (Wildman–Crippen LogP) is 2.36. The Balaban J connectivity index is 2.79. The van der Waals surface area contributed by atoms with E-state index in [0.717, 1.165) is 10.9 Å². The van der Waals surface area contributed by atoms with Crippen molar-refractivity contribution < 1.29 is 4.39 Å². The van der Waals surface area contributed by atoms with Gasteiger partial charge < -0.3 is 5.73 Å². The quantitative estimate of drug-likeness (QED) is 0.729. The molecule has 0 bridgehead atoms. The van der Waals surface area contributed by atoms with Crippen molar-refractivity contribution in [2.75, 3.05) is 5.73 Å². The first kappa shape index (κ1) is 9.96. The third kappa shape index (κ3) is 1.56. The predicted molar refractivity (Wildman–Crippen MR) is 59.3 cm³/mol. The molecule has 0 fully saturated rings. The zero-order valence-electron chi connectivity index (χ0n) is 9.08. The summed E-state index contributed by atoms with van der Waals surface area (Å²) in [6, 6.07) is 5.38. The molecule has 0 aliphatic rings. The number of rotatable bonds is 1. The van der Waals surface area contributed by atoms with Crippen molar-refractivity contribution in [2.24, 2.45) is 7.05 Å². The van der Waals surface area contributed by atoms with Gasteiger partial charge in [-0.05, 0) is 32.0 Å². The lowest BCUT2D eigenvalue weighted by Crippen LogP contribution is -2.10. The average Bonchev–Trinajstić information content (AvgIpc) is 2.43. The first-order chi connectivity index (χ1) is 6.89. The molecule has 2 N–H and O–H groups in total. The van der Waals surface area contributed by atoms with E-state index in [1.165, 1.54) is 13.8 Å². The maximum Gasteiger partial charge on any atom is 0.149 e. The fourth-order valence-electron chi connectivity index (χ4n) is 1.71. The van der Waals surface area contributed by atoms with Crippen molar-refractivity contribution in [1.29, 1.82) is 0 Å². The Morgan fingerprint density at radius 3 is 2.67 bits per heavy atom. The summed E-state index contributed by atoms with van der Waals surface area (Å²) in [4.78, 5) is 0. The van der Waals surface area contributed by atoms with E-state index in [9.17, 15) is 4.39 Å². The fourth-order valence-corrected chi connectivity index (χ4v) is 1.71. The number of fused-ring (bicyclic) bond motifs is 1. The maximum atomic E-state index is 13.9.